The molecule has 0 aliphatic heterocycles. The van der Waals surface area contributed by atoms with Crippen LogP contribution >= 0.6 is 11.6 Å². The van der Waals surface area contributed by atoms with Crippen molar-refractivity contribution in [2.45, 2.75) is 30.5 Å². The van der Waals surface area contributed by atoms with Crippen LogP contribution in [0.5, 0.6) is 0 Å². The number of primary sulfonamides is 1. The molecule has 0 unspecified atom stereocenters. The summed E-state index contributed by atoms with van der Waals surface area (Å²) >= 11 is 5.94. The summed E-state index contributed by atoms with van der Waals surface area (Å²) in [6.07, 6.45) is 2.31. The first-order valence-electron chi connectivity index (χ1n) is 6.16. The van der Waals surface area contributed by atoms with E-state index in [1.54, 1.807) is 10.6 Å². The molecule has 2 aromatic rings. The van der Waals surface area contributed by atoms with Crippen molar-refractivity contribution in [2.24, 2.45) is 5.14 Å². The van der Waals surface area contributed by atoms with Crippen molar-refractivity contribution in [3.05, 3.63) is 40.7 Å². The standard InChI is InChI=1S/C12H13ClN4O2S/c13-9-3-1-2-8(6-9)7-11-15-16-12(20(14,18)19)17(11)10-4-5-10/h1-3,6,10H,4-5,7H2,(H2,14,18,19). The Morgan fingerprint density at radius 1 is 1.35 bits per heavy atom. The normalized spacial score (nSPS) is 15.5. The van der Waals surface area contributed by atoms with Gasteiger partial charge < -0.3 is 0 Å². The molecule has 1 saturated carbocycles. The molecule has 0 radical (unpaired) electrons. The summed E-state index contributed by atoms with van der Waals surface area (Å²) in [6.45, 7) is 0. The van der Waals surface area contributed by atoms with Crippen LogP contribution in [-0.4, -0.2) is 23.2 Å². The van der Waals surface area contributed by atoms with Gasteiger partial charge in [0.15, 0.2) is 0 Å². The molecule has 1 aliphatic rings. The Bertz CT molecular complexity index is 753. The fourth-order valence-electron chi connectivity index (χ4n) is 2.15. The van der Waals surface area contributed by atoms with Gasteiger partial charge in [-0.15, -0.1) is 10.2 Å². The third kappa shape index (κ3) is 2.70. The molecular weight excluding hydrogens is 300 g/mol. The summed E-state index contributed by atoms with van der Waals surface area (Å²) < 4.78 is 24.7. The molecule has 1 fully saturated rings. The lowest BCUT2D eigenvalue weighted by molar-refractivity contribution is 0.560. The Morgan fingerprint density at radius 2 is 2.10 bits per heavy atom. The lowest BCUT2D eigenvalue weighted by Gasteiger charge is -2.07. The van der Waals surface area contributed by atoms with E-state index in [0.29, 0.717) is 17.3 Å². The van der Waals surface area contributed by atoms with Crippen molar-refractivity contribution >= 4 is 21.6 Å². The summed E-state index contributed by atoms with van der Waals surface area (Å²) in [5.74, 6) is 0.596. The number of hydrogen-bond acceptors (Lipinski definition) is 4. The van der Waals surface area contributed by atoms with Gasteiger partial charge >= 0.3 is 0 Å². The number of nitrogens with zero attached hydrogens (tertiary/aromatic N) is 3. The van der Waals surface area contributed by atoms with Crippen LogP contribution in [0.1, 0.15) is 30.3 Å². The summed E-state index contributed by atoms with van der Waals surface area (Å²) in [4.78, 5) is 0. The van der Waals surface area contributed by atoms with Crippen molar-refractivity contribution in [2.75, 3.05) is 0 Å². The highest BCUT2D eigenvalue weighted by molar-refractivity contribution is 7.89. The van der Waals surface area contributed by atoms with Crippen molar-refractivity contribution in [1.82, 2.24) is 14.8 Å². The Morgan fingerprint density at radius 3 is 2.70 bits per heavy atom. The number of hydrogen-bond donors (Lipinski definition) is 1. The molecule has 1 aliphatic carbocycles. The predicted octanol–water partition coefficient (Wildman–Crippen LogP) is 1.50. The quantitative estimate of drug-likeness (QED) is 0.926. The second kappa shape index (κ2) is 4.83. The molecule has 0 amide bonds. The van der Waals surface area contributed by atoms with Crippen molar-refractivity contribution < 1.29 is 8.42 Å². The average molecular weight is 313 g/mol. The van der Waals surface area contributed by atoms with Crippen molar-refractivity contribution in [1.29, 1.82) is 0 Å². The first-order chi connectivity index (χ1) is 9.45. The molecule has 1 aromatic carbocycles. The Labute approximate surface area is 121 Å². The molecule has 0 saturated heterocycles. The highest BCUT2D eigenvalue weighted by atomic mass is 35.5. The third-order valence-corrected chi connectivity index (χ3v) is 4.18. The van der Waals surface area contributed by atoms with E-state index in [0.717, 1.165) is 18.4 Å². The lowest BCUT2D eigenvalue weighted by atomic mass is 10.1. The fraction of sp³-hybridized carbons (Fsp3) is 0.333. The van der Waals surface area contributed by atoms with Crippen LogP contribution in [0.4, 0.5) is 0 Å². The maximum absolute atomic E-state index is 11.5. The first kappa shape index (κ1) is 13.5. The largest absolute Gasteiger partial charge is 0.297 e. The van der Waals surface area contributed by atoms with E-state index < -0.39 is 10.0 Å². The van der Waals surface area contributed by atoms with Crippen LogP contribution < -0.4 is 5.14 Å². The number of halogens is 1. The van der Waals surface area contributed by atoms with Gasteiger partial charge in [-0.1, -0.05) is 23.7 Å². The maximum Gasteiger partial charge on any atom is 0.273 e. The second-order valence-electron chi connectivity index (χ2n) is 4.85. The van der Waals surface area contributed by atoms with Crippen LogP contribution in [0, 0.1) is 0 Å². The smallest absolute Gasteiger partial charge is 0.273 e. The number of benzene rings is 1. The van der Waals surface area contributed by atoms with Crippen LogP contribution in [0.25, 0.3) is 0 Å². The van der Waals surface area contributed by atoms with Crippen LogP contribution in [0.3, 0.4) is 0 Å². The van der Waals surface area contributed by atoms with Gasteiger partial charge in [-0.05, 0) is 30.5 Å². The molecular formula is C12H13ClN4O2S. The van der Waals surface area contributed by atoms with Gasteiger partial charge in [-0.3, -0.25) is 4.57 Å². The third-order valence-electron chi connectivity index (χ3n) is 3.15. The Balaban J connectivity index is 2.00. The van der Waals surface area contributed by atoms with Gasteiger partial charge in [0.1, 0.15) is 5.82 Å². The summed E-state index contributed by atoms with van der Waals surface area (Å²) in [5, 5.41) is 13.4. The molecule has 0 bridgehead atoms. The SMILES string of the molecule is NS(=O)(=O)c1nnc(Cc2cccc(Cl)c2)n1C1CC1. The number of sulfonamides is 1. The Kier molecular flexibility index (Phi) is 3.27. The highest BCUT2D eigenvalue weighted by Crippen LogP contribution is 2.37. The molecule has 0 atom stereocenters. The van der Waals surface area contributed by atoms with Crippen molar-refractivity contribution in [3.63, 3.8) is 0 Å². The molecule has 20 heavy (non-hydrogen) atoms. The van der Waals surface area contributed by atoms with Gasteiger partial charge in [-0.25, -0.2) is 13.6 Å². The minimum atomic E-state index is -3.85. The molecule has 106 valence electrons. The average Bonchev–Trinajstić information content (AvgIpc) is 3.09. The summed E-state index contributed by atoms with van der Waals surface area (Å²) in [7, 11) is -3.85. The zero-order chi connectivity index (χ0) is 14.3. The summed E-state index contributed by atoms with van der Waals surface area (Å²) in [5.41, 5.74) is 0.952. The van der Waals surface area contributed by atoms with E-state index in [-0.39, 0.29) is 11.2 Å². The van der Waals surface area contributed by atoms with Crippen LogP contribution in [0.2, 0.25) is 5.02 Å². The van der Waals surface area contributed by atoms with Crippen LogP contribution in [-0.2, 0) is 16.4 Å². The minimum Gasteiger partial charge on any atom is -0.297 e. The lowest BCUT2D eigenvalue weighted by Crippen LogP contribution is -2.19. The van der Waals surface area contributed by atoms with Gasteiger partial charge in [0.05, 0.1) is 0 Å². The molecule has 0 spiro atoms. The molecule has 3 rings (SSSR count). The van der Waals surface area contributed by atoms with Gasteiger partial charge in [0, 0.05) is 17.5 Å². The van der Waals surface area contributed by atoms with Gasteiger partial charge in [0.25, 0.3) is 15.2 Å². The van der Waals surface area contributed by atoms with Gasteiger partial charge in [-0.2, -0.15) is 0 Å². The molecule has 6 nitrogen and oxygen atoms in total. The molecule has 8 heteroatoms. The molecule has 2 N–H and O–H groups in total. The maximum atomic E-state index is 11.5. The predicted molar refractivity (Wildman–Crippen MR) is 73.9 cm³/mol. The van der Waals surface area contributed by atoms with E-state index in [9.17, 15) is 8.42 Å². The van der Waals surface area contributed by atoms with Gasteiger partial charge in [0.2, 0.25) is 0 Å². The molecule has 1 heterocycles. The zero-order valence-corrected chi connectivity index (χ0v) is 12.1. The zero-order valence-electron chi connectivity index (χ0n) is 10.5. The Hall–Kier alpha value is -1.44. The highest BCUT2D eigenvalue weighted by Gasteiger charge is 2.32. The monoisotopic (exact) mass is 312 g/mol. The number of rotatable bonds is 4. The number of nitrogens with two attached hydrogens (primary N) is 1. The fourth-order valence-corrected chi connectivity index (χ4v) is 3.05. The topological polar surface area (TPSA) is 90.9 Å². The summed E-state index contributed by atoms with van der Waals surface area (Å²) in [6, 6.07) is 7.49. The minimum absolute atomic E-state index is 0.132. The van der Waals surface area contributed by atoms with E-state index in [4.69, 9.17) is 16.7 Å². The van der Waals surface area contributed by atoms with E-state index >= 15 is 0 Å². The number of aromatic nitrogens is 3. The van der Waals surface area contributed by atoms with E-state index in [2.05, 4.69) is 10.2 Å². The second-order valence-corrected chi connectivity index (χ2v) is 6.74. The van der Waals surface area contributed by atoms with Crippen molar-refractivity contribution in [3.8, 4) is 0 Å². The first-order valence-corrected chi connectivity index (χ1v) is 8.08. The van der Waals surface area contributed by atoms with E-state index in [1.807, 2.05) is 18.2 Å². The van der Waals surface area contributed by atoms with Crippen LogP contribution in [0.15, 0.2) is 29.4 Å². The molecule has 1 aromatic heterocycles. The van der Waals surface area contributed by atoms with E-state index in [1.165, 1.54) is 0 Å².